The lowest BCUT2D eigenvalue weighted by molar-refractivity contribution is -0.137. The van der Waals surface area contributed by atoms with E-state index in [2.05, 4.69) is 10.1 Å². The number of aromatic nitrogens is 2. The molecule has 0 bridgehead atoms. The molecule has 0 radical (unpaired) electrons. The van der Waals surface area contributed by atoms with Gasteiger partial charge in [-0.25, -0.2) is 8.78 Å². The van der Waals surface area contributed by atoms with Gasteiger partial charge in [-0.2, -0.15) is 4.98 Å². The molecule has 2 heterocycles. The number of carbonyl (C=O) groups excluding carboxylic acids is 1. The predicted molar refractivity (Wildman–Crippen MR) is 70.9 cm³/mol. The van der Waals surface area contributed by atoms with Crippen molar-refractivity contribution in [2.24, 2.45) is 5.92 Å². The summed E-state index contributed by atoms with van der Waals surface area (Å²) < 4.78 is 37.5. The van der Waals surface area contributed by atoms with Gasteiger partial charge in [-0.15, -0.1) is 0 Å². The van der Waals surface area contributed by atoms with Gasteiger partial charge in [0.15, 0.2) is 5.82 Å². The van der Waals surface area contributed by atoms with Gasteiger partial charge in [-0.3, -0.25) is 4.79 Å². The smallest absolute Gasteiger partial charge is 0.267 e. The van der Waals surface area contributed by atoms with Crippen LogP contribution < -0.4 is 0 Å². The third-order valence-electron chi connectivity index (χ3n) is 3.95. The summed E-state index contributed by atoms with van der Waals surface area (Å²) in [5, 5.41) is 3.68. The molecule has 0 spiro atoms. The number of likely N-dealkylation sites (tertiary alicyclic amines) is 1. The standard InChI is InChI=1S/C14H17F2N3O3/c1-21-7-11-17-12(22-18-11)10-6-14(15,16)8-19(10)13(20)9-4-2-3-5-9/h2-3,9-10H,4-8H2,1H3/t10-/m0/s1. The Kier molecular flexibility index (Phi) is 3.94. The van der Waals surface area contributed by atoms with E-state index in [1.165, 1.54) is 12.0 Å². The van der Waals surface area contributed by atoms with E-state index in [0.717, 1.165) is 0 Å². The van der Waals surface area contributed by atoms with Crippen molar-refractivity contribution in [3.63, 3.8) is 0 Å². The molecule has 0 unspecified atom stereocenters. The van der Waals surface area contributed by atoms with E-state index in [1.54, 1.807) is 0 Å². The molecule has 1 aromatic rings. The summed E-state index contributed by atoms with van der Waals surface area (Å²) in [5.74, 6) is -3.16. The van der Waals surface area contributed by atoms with Crippen LogP contribution in [-0.4, -0.2) is 40.5 Å². The van der Waals surface area contributed by atoms with Gasteiger partial charge in [0.1, 0.15) is 12.6 Å². The molecule has 0 saturated carbocycles. The molecule has 6 nitrogen and oxygen atoms in total. The molecule has 1 aromatic heterocycles. The number of allylic oxidation sites excluding steroid dienone is 2. The van der Waals surface area contributed by atoms with E-state index in [0.29, 0.717) is 12.8 Å². The van der Waals surface area contributed by atoms with Crippen molar-refractivity contribution in [1.29, 1.82) is 0 Å². The second kappa shape index (κ2) is 5.75. The first kappa shape index (κ1) is 15.1. The maximum atomic E-state index is 13.8. The van der Waals surface area contributed by atoms with Crippen LogP contribution in [0.4, 0.5) is 8.78 Å². The van der Waals surface area contributed by atoms with Crippen molar-refractivity contribution in [2.75, 3.05) is 13.7 Å². The summed E-state index contributed by atoms with van der Waals surface area (Å²) in [5.41, 5.74) is 0. The Balaban J connectivity index is 1.81. The normalized spacial score (nSPS) is 24.3. The first-order valence-electron chi connectivity index (χ1n) is 7.15. The lowest BCUT2D eigenvalue weighted by Crippen LogP contribution is -2.37. The first-order valence-corrected chi connectivity index (χ1v) is 7.15. The number of hydrogen-bond donors (Lipinski definition) is 0. The second-order valence-electron chi connectivity index (χ2n) is 5.66. The maximum Gasteiger partial charge on any atom is 0.267 e. The summed E-state index contributed by atoms with van der Waals surface area (Å²) in [7, 11) is 1.47. The lowest BCUT2D eigenvalue weighted by atomic mass is 10.1. The Morgan fingerprint density at radius 2 is 2.23 bits per heavy atom. The predicted octanol–water partition coefficient (Wildman–Crippen LogP) is 2.09. The Labute approximate surface area is 126 Å². The number of alkyl halides is 2. The van der Waals surface area contributed by atoms with E-state index in [9.17, 15) is 13.6 Å². The number of methoxy groups -OCH3 is 1. The maximum absolute atomic E-state index is 13.8. The van der Waals surface area contributed by atoms with E-state index in [-0.39, 0.29) is 30.1 Å². The third-order valence-corrected chi connectivity index (χ3v) is 3.95. The van der Waals surface area contributed by atoms with Crippen LogP contribution in [-0.2, 0) is 16.1 Å². The van der Waals surface area contributed by atoms with E-state index >= 15 is 0 Å². The Morgan fingerprint density at radius 1 is 1.50 bits per heavy atom. The van der Waals surface area contributed by atoms with Gasteiger partial charge in [0.05, 0.1) is 6.54 Å². The molecular weight excluding hydrogens is 296 g/mol. The van der Waals surface area contributed by atoms with Gasteiger partial charge < -0.3 is 14.2 Å². The van der Waals surface area contributed by atoms with E-state index < -0.39 is 24.9 Å². The van der Waals surface area contributed by atoms with Crippen molar-refractivity contribution in [2.45, 2.75) is 37.8 Å². The quantitative estimate of drug-likeness (QED) is 0.796. The van der Waals surface area contributed by atoms with Gasteiger partial charge in [-0.1, -0.05) is 17.3 Å². The molecule has 2 aliphatic rings. The second-order valence-corrected chi connectivity index (χ2v) is 5.66. The number of nitrogens with zero attached hydrogens (tertiary/aromatic N) is 3. The highest BCUT2D eigenvalue weighted by atomic mass is 19.3. The molecule has 0 aromatic carbocycles. The average molecular weight is 313 g/mol. The van der Waals surface area contributed by atoms with Crippen LogP contribution in [0.1, 0.15) is 37.0 Å². The summed E-state index contributed by atoms with van der Waals surface area (Å²) in [6, 6.07) is -0.874. The van der Waals surface area contributed by atoms with Crippen molar-refractivity contribution < 1.29 is 22.8 Å². The number of amides is 1. The van der Waals surface area contributed by atoms with Crippen LogP contribution in [0.2, 0.25) is 0 Å². The molecule has 22 heavy (non-hydrogen) atoms. The first-order chi connectivity index (χ1) is 10.5. The van der Waals surface area contributed by atoms with Gasteiger partial charge in [0, 0.05) is 19.4 Å². The fourth-order valence-corrected chi connectivity index (χ4v) is 2.91. The van der Waals surface area contributed by atoms with E-state index in [4.69, 9.17) is 9.26 Å². The number of ether oxygens (including phenoxy) is 1. The highest BCUT2D eigenvalue weighted by Gasteiger charge is 2.50. The summed E-state index contributed by atoms with van der Waals surface area (Å²) in [6.07, 6.45) is 4.48. The number of halogens is 2. The van der Waals surface area contributed by atoms with Gasteiger partial charge in [-0.05, 0) is 12.8 Å². The summed E-state index contributed by atoms with van der Waals surface area (Å²) in [4.78, 5) is 17.7. The Morgan fingerprint density at radius 3 is 2.91 bits per heavy atom. The van der Waals surface area contributed by atoms with Crippen LogP contribution in [0.25, 0.3) is 0 Å². The molecule has 8 heteroatoms. The molecule has 1 saturated heterocycles. The molecule has 1 aliphatic heterocycles. The van der Waals surface area contributed by atoms with Crippen LogP contribution >= 0.6 is 0 Å². The van der Waals surface area contributed by atoms with Crippen molar-refractivity contribution in [3.05, 3.63) is 23.9 Å². The highest BCUT2D eigenvalue weighted by Crippen LogP contribution is 2.42. The molecule has 1 atom stereocenters. The minimum Gasteiger partial charge on any atom is -0.377 e. The fraction of sp³-hybridized carbons (Fsp3) is 0.643. The largest absolute Gasteiger partial charge is 0.377 e. The molecule has 1 amide bonds. The molecule has 1 fully saturated rings. The Bertz CT molecular complexity index is 580. The zero-order valence-electron chi connectivity index (χ0n) is 12.2. The Hall–Kier alpha value is -1.83. The molecule has 1 aliphatic carbocycles. The van der Waals surface area contributed by atoms with Crippen molar-refractivity contribution >= 4 is 5.91 Å². The lowest BCUT2D eigenvalue weighted by Gasteiger charge is -2.24. The molecule has 0 N–H and O–H groups in total. The highest BCUT2D eigenvalue weighted by molar-refractivity contribution is 5.80. The minimum atomic E-state index is -2.94. The molecule has 3 rings (SSSR count). The van der Waals surface area contributed by atoms with Gasteiger partial charge in [0.25, 0.3) is 5.92 Å². The monoisotopic (exact) mass is 313 g/mol. The summed E-state index contributed by atoms with van der Waals surface area (Å²) in [6.45, 7) is -0.470. The van der Waals surface area contributed by atoms with Gasteiger partial charge in [0.2, 0.25) is 11.8 Å². The van der Waals surface area contributed by atoms with Crippen LogP contribution in [0.3, 0.4) is 0 Å². The number of rotatable bonds is 4. The molecular formula is C14H17F2N3O3. The van der Waals surface area contributed by atoms with Crippen molar-refractivity contribution in [3.8, 4) is 0 Å². The summed E-state index contributed by atoms with van der Waals surface area (Å²) >= 11 is 0. The average Bonchev–Trinajstić information content (AvgIpc) is 3.17. The zero-order valence-corrected chi connectivity index (χ0v) is 12.2. The van der Waals surface area contributed by atoms with Crippen LogP contribution in [0.15, 0.2) is 16.7 Å². The third kappa shape index (κ3) is 2.87. The van der Waals surface area contributed by atoms with Crippen LogP contribution in [0, 0.1) is 5.92 Å². The van der Waals surface area contributed by atoms with Crippen LogP contribution in [0.5, 0.6) is 0 Å². The number of carbonyl (C=O) groups is 1. The minimum absolute atomic E-state index is 0.0449. The zero-order chi connectivity index (χ0) is 15.7. The molecule has 120 valence electrons. The van der Waals surface area contributed by atoms with E-state index in [1.807, 2.05) is 12.2 Å². The number of hydrogen-bond acceptors (Lipinski definition) is 5. The van der Waals surface area contributed by atoms with Gasteiger partial charge >= 0.3 is 0 Å². The fourth-order valence-electron chi connectivity index (χ4n) is 2.91. The van der Waals surface area contributed by atoms with Crippen molar-refractivity contribution in [1.82, 2.24) is 15.0 Å². The SMILES string of the molecule is COCc1noc([C@@H]2CC(F)(F)CN2C(=O)C2CC=CC2)n1. The topological polar surface area (TPSA) is 68.5 Å².